The molecule has 0 saturated heterocycles. The third-order valence-electron chi connectivity index (χ3n) is 4.39. The van der Waals surface area contributed by atoms with Crippen LogP contribution in [0.25, 0.3) is 0 Å². The summed E-state index contributed by atoms with van der Waals surface area (Å²) in [6, 6.07) is 0. The Labute approximate surface area is 107 Å². The lowest BCUT2D eigenvalue weighted by molar-refractivity contribution is 0.418. The molecule has 2 bridgehead atoms. The molecule has 0 N–H and O–H groups in total. The van der Waals surface area contributed by atoms with Crippen molar-refractivity contribution in [1.29, 1.82) is 0 Å². The lowest BCUT2D eigenvalue weighted by atomic mass is 9.88. The van der Waals surface area contributed by atoms with Crippen molar-refractivity contribution in [3.8, 4) is 0 Å². The van der Waals surface area contributed by atoms with E-state index in [1.807, 2.05) is 0 Å². The molecule has 0 nitrogen and oxygen atoms in total. The SMILES string of the molecule is C1=CC2CCCCCC(/C=C/C1)CCCCC2. The van der Waals surface area contributed by atoms with Crippen molar-refractivity contribution in [2.75, 3.05) is 0 Å². The lowest BCUT2D eigenvalue weighted by Crippen LogP contribution is -2.02. The molecule has 0 aromatic carbocycles. The van der Waals surface area contributed by atoms with Crippen molar-refractivity contribution < 1.29 is 0 Å². The number of hydrogen-bond donors (Lipinski definition) is 0. The van der Waals surface area contributed by atoms with Gasteiger partial charge in [0.1, 0.15) is 0 Å². The minimum atomic E-state index is 0.873. The molecule has 3 rings (SSSR count). The van der Waals surface area contributed by atoms with Crippen LogP contribution in [-0.2, 0) is 0 Å². The summed E-state index contributed by atoms with van der Waals surface area (Å²) in [5.74, 6) is 1.75. The van der Waals surface area contributed by atoms with Crippen molar-refractivity contribution in [2.24, 2.45) is 11.8 Å². The Bertz CT molecular complexity index is 211. The molecular formula is C17H28. The van der Waals surface area contributed by atoms with E-state index in [1.165, 1.54) is 64.2 Å². The van der Waals surface area contributed by atoms with E-state index in [9.17, 15) is 0 Å². The fraction of sp³-hybridized carbons (Fsp3) is 0.765. The van der Waals surface area contributed by atoms with Gasteiger partial charge in [-0.05, 0) is 43.9 Å². The van der Waals surface area contributed by atoms with Crippen LogP contribution in [0.5, 0.6) is 0 Å². The van der Waals surface area contributed by atoms with Gasteiger partial charge in [0.25, 0.3) is 0 Å². The molecule has 17 heavy (non-hydrogen) atoms. The highest BCUT2D eigenvalue weighted by atomic mass is 14.2. The third-order valence-corrected chi connectivity index (χ3v) is 4.39. The van der Waals surface area contributed by atoms with Crippen LogP contribution in [0.3, 0.4) is 0 Å². The van der Waals surface area contributed by atoms with Crippen LogP contribution in [0, 0.1) is 11.8 Å². The van der Waals surface area contributed by atoms with Gasteiger partial charge in [0, 0.05) is 0 Å². The lowest BCUT2D eigenvalue weighted by Gasteiger charge is -2.18. The molecule has 0 unspecified atom stereocenters. The molecule has 96 valence electrons. The van der Waals surface area contributed by atoms with E-state index in [0.717, 1.165) is 18.3 Å². The molecule has 0 aromatic heterocycles. The van der Waals surface area contributed by atoms with Gasteiger partial charge >= 0.3 is 0 Å². The average molecular weight is 232 g/mol. The molecule has 3 aliphatic carbocycles. The van der Waals surface area contributed by atoms with Crippen molar-refractivity contribution >= 4 is 0 Å². The van der Waals surface area contributed by atoms with Crippen molar-refractivity contribution in [2.45, 2.75) is 70.6 Å². The Morgan fingerprint density at radius 2 is 0.941 bits per heavy atom. The molecule has 1 fully saturated rings. The Balaban J connectivity index is 2.03. The van der Waals surface area contributed by atoms with Crippen LogP contribution >= 0.6 is 0 Å². The minimum Gasteiger partial charge on any atom is -0.0851 e. The molecule has 0 heterocycles. The molecule has 0 radical (unpaired) electrons. The van der Waals surface area contributed by atoms with Crippen LogP contribution in [0.1, 0.15) is 70.6 Å². The van der Waals surface area contributed by atoms with Crippen molar-refractivity contribution in [3.05, 3.63) is 24.3 Å². The highest BCUT2D eigenvalue weighted by molar-refractivity contribution is 4.98. The summed E-state index contributed by atoms with van der Waals surface area (Å²) in [5.41, 5.74) is 0. The summed E-state index contributed by atoms with van der Waals surface area (Å²) < 4.78 is 0. The second-order valence-corrected chi connectivity index (χ2v) is 5.89. The van der Waals surface area contributed by atoms with Gasteiger partial charge in [-0.2, -0.15) is 0 Å². The van der Waals surface area contributed by atoms with Crippen molar-refractivity contribution in [1.82, 2.24) is 0 Å². The molecular weight excluding hydrogens is 204 g/mol. The maximum Gasteiger partial charge on any atom is -0.0169 e. The second-order valence-electron chi connectivity index (χ2n) is 5.89. The maximum absolute atomic E-state index is 2.50. The zero-order valence-electron chi connectivity index (χ0n) is 11.2. The monoisotopic (exact) mass is 232 g/mol. The molecule has 0 aromatic rings. The first-order chi connectivity index (χ1) is 8.45. The van der Waals surface area contributed by atoms with Gasteiger partial charge in [0.15, 0.2) is 0 Å². The molecule has 3 aliphatic rings. The average Bonchev–Trinajstić information content (AvgIpc) is 2.29. The van der Waals surface area contributed by atoms with E-state index >= 15 is 0 Å². The zero-order chi connectivity index (χ0) is 11.8. The quantitative estimate of drug-likeness (QED) is 0.473. The summed E-state index contributed by atoms with van der Waals surface area (Å²) in [6.45, 7) is 0. The summed E-state index contributed by atoms with van der Waals surface area (Å²) in [4.78, 5) is 0. The van der Waals surface area contributed by atoms with Crippen LogP contribution in [0.4, 0.5) is 0 Å². The van der Waals surface area contributed by atoms with E-state index in [1.54, 1.807) is 0 Å². The van der Waals surface area contributed by atoms with Crippen LogP contribution in [0.15, 0.2) is 24.3 Å². The first-order valence-electron chi connectivity index (χ1n) is 7.78. The molecule has 1 saturated carbocycles. The molecule has 0 heteroatoms. The Kier molecular flexibility index (Phi) is 5.88. The number of fused-ring (bicyclic) bond motifs is 10. The predicted octanol–water partition coefficient (Wildman–Crippen LogP) is 5.65. The van der Waals surface area contributed by atoms with Crippen LogP contribution < -0.4 is 0 Å². The molecule has 0 spiro atoms. The van der Waals surface area contributed by atoms with Crippen molar-refractivity contribution in [3.63, 3.8) is 0 Å². The standard InChI is InChI=1S/C17H28/c1-4-10-16-12-6-2-7-13-17(11-5-1)15-9-3-8-14-16/h4-5,10-11,16-17H,1-3,6-9,12-15H2/b10-4+,11-5?. The molecule has 0 amide bonds. The van der Waals surface area contributed by atoms with Crippen LogP contribution in [0.2, 0.25) is 0 Å². The van der Waals surface area contributed by atoms with Crippen LogP contribution in [-0.4, -0.2) is 0 Å². The Morgan fingerprint density at radius 3 is 1.35 bits per heavy atom. The fourth-order valence-electron chi connectivity index (χ4n) is 3.27. The number of allylic oxidation sites excluding steroid dienone is 4. The van der Waals surface area contributed by atoms with Gasteiger partial charge in [0.05, 0.1) is 0 Å². The summed E-state index contributed by atoms with van der Waals surface area (Å²) in [7, 11) is 0. The normalized spacial score (nSPS) is 33.9. The highest BCUT2D eigenvalue weighted by Crippen LogP contribution is 2.25. The number of hydrogen-bond acceptors (Lipinski definition) is 0. The van der Waals surface area contributed by atoms with Gasteiger partial charge in [0.2, 0.25) is 0 Å². The van der Waals surface area contributed by atoms with E-state index in [4.69, 9.17) is 0 Å². The third kappa shape index (κ3) is 5.10. The van der Waals surface area contributed by atoms with Gasteiger partial charge < -0.3 is 0 Å². The van der Waals surface area contributed by atoms with E-state index in [0.29, 0.717) is 0 Å². The fourth-order valence-corrected chi connectivity index (χ4v) is 3.27. The van der Waals surface area contributed by atoms with Gasteiger partial charge in [-0.25, -0.2) is 0 Å². The molecule has 0 aliphatic heterocycles. The van der Waals surface area contributed by atoms with Gasteiger partial charge in [-0.1, -0.05) is 62.8 Å². The topological polar surface area (TPSA) is 0 Å². The zero-order valence-corrected chi connectivity index (χ0v) is 11.2. The van der Waals surface area contributed by atoms with Gasteiger partial charge in [-0.3, -0.25) is 0 Å². The largest absolute Gasteiger partial charge is 0.0851 e. The summed E-state index contributed by atoms with van der Waals surface area (Å²) >= 11 is 0. The first-order valence-corrected chi connectivity index (χ1v) is 7.78. The summed E-state index contributed by atoms with van der Waals surface area (Å²) in [5, 5.41) is 0. The minimum absolute atomic E-state index is 0.873. The van der Waals surface area contributed by atoms with Gasteiger partial charge in [-0.15, -0.1) is 0 Å². The number of rotatable bonds is 0. The Hall–Kier alpha value is -0.520. The summed E-state index contributed by atoms with van der Waals surface area (Å²) in [6.07, 6.45) is 25.4. The second kappa shape index (κ2) is 7.74. The highest BCUT2D eigenvalue weighted by Gasteiger charge is 2.10. The molecule has 0 atom stereocenters. The first kappa shape index (κ1) is 12.9. The predicted molar refractivity (Wildman–Crippen MR) is 76.0 cm³/mol. The maximum atomic E-state index is 2.50. The Morgan fingerprint density at radius 1 is 0.529 bits per heavy atom. The van der Waals surface area contributed by atoms with E-state index < -0.39 is 0 Å². The smallest absolute Gasteiger partial charge is 0.0169 e. The van der Waals surface area contributed by atoms with E-state index in [-0.39, 0.29) is 0 Å². The van der Waals surface area contributed by atoms with E-state index in [2.05, 4.69) is 24.3 Å².